The Hall–Kier alpha value is -1.36. The van der Waals surface area contributed by atoms with E-state index in [1.54, 1.807) is 4.90 Å². The maximum absolute atomic E-state index is 13.3. The van der Waals surface area contributed by atoms with Gasteiger partial charge >= 0.3 is 0 Å². The molecule has 19 heavy (non-hydrogen) atoms. The maximum Gasteiger partial charge on any atom is 0.231 e. The summed E-state index contributed by atoms with van der Waals surface area (Å²) < 4.78 is 26.6. The molecule has 1 aliphatic heterocycles. The van der Waals surface area contributed by atoms with Crippen LogP contribution in [0.4, 0.5) is 8.78 Å². The Morgan fingerprint density at radius 1 is 1.42 bits per heavy atom. The van der Waals surface area contributed by atoms with Gasteiger partial charge < -0.3 is 4.90 Å². The summed E-state index contributed by atoms with van der Waals surface area (Å²) in [6, 6.07) is 3.51. The number of carbonyl (C=O) groups excluding carboxylic acids is 1. The van der Waals surface area contributed by atoms with Gasteiger partial charge in [-0.1, -0.05) is 19.1 Å². The zero-order chi connectivity index (χ0) is 13.8. The molecule has 1 aromatic carbocycles. The lowest BCUT2D eigenvalue weighted by molar-refractivity contribution is -0.126. The maximum atomic E-state index is 13.3. The molecule has 1 saturated carbocycles. The fraction of sp³-hybridized carbons (Fsp3) is 0.429. The summed E-state index contributed by atoms with van der Waals surface area (Å²) in [6.07, 6.45) is 1.29. The molecule has 2 unspecified atom stereocenters. The quantitative estimate of drug-likeness (QED) is 0.777. The van der Waals surface area contributed by atoms with Crippen LogP contribution in [-0.2, 0) is 10.2 Å². The monoisotopic (exact) mass is 281 g/mol. The second-order valence-electron chi connectivity index (χ2n) is 5.24. The number of benzene rings is 1. The standard InChI is InChI=1S/C14H13F2NOS/c1-2-12(19)17-7-14(6-11(14)13(17)18)8-3-9(15)5-10(16)4-8/h3-5,11H,2,6-7H2,1H3. The van der Waals surface area contributed by atoms with Gasteiger partial charge in [0.25, 0.3) is 0 Å². The molecule has 2 nitrogen and oxygen atoms in total. The molecule has 3 rings (SSSR count). The van der Waals surface area contributed by atoms with Crippen molar-refractivity contribution >= 4 is 23.1 Å². The van der Waals surface area contributed by atoms with Gasteiger partial charge in [0.05, 0.1) is 10.9 Å². The van der Waals surface area contributed by atoms with E-state index in [9.17, 15) is 13.6 Å². The Balaban J connectivity index is 1.95. The molecule has 0 spiro atoms. The van der Waals surface area contributed by atoms with Crippen LogP contribution in [-0.4, -0.2) is 22.3 Å². The molecule has 1 saturated heterocycles. The number of likely N-dealkylation sites (tertiary alicyclic amines) is 1. The van der Waals surface area contributed by atoms with Gasteiger partial charge in [-0.3, -0.25) is 4.79 Å². The lowest BCUT2D eigenvalue weighted by Gasteiger charge is -2.21. The second kappa shape index (κ2) is 4.07. The van der Waals surface area contributed by atoms with E-state index in [-0.39, 0.29) is 11.8 Å². The molecule has 2 fully saturated rings. The summed E-state index contributed by atoms with van der Waals surface area (Å²) in [5, 5.41) is 0. The van der Waals surface area contributed by atoms with Crippen molar-refractivity contribution in [2.45, 2.75) is 25.2 Å². The van der Waals surface area contributed by atoms with Crippen molar-refractivity contribution < 1.29 is 13.6 Å². The molecule has 1 aromatic rings. The first-order chi connectivity index (χ1) is 8.98. The van der Waals surface area contributed by atoms with Crippen LogP contribution in [0.2, 0.25) is 0 Å². The number of piperidine rings is 1. The van der Waals surface area contributed by atoms with E-state index < -0.39 is 17.0 Å². The average molecular weight is 281 g/mol. The third-order valence-electron chi connectivity index (χ3n) is 4.12. The summed E-state index contributed by atoms with van der Waals surface area (Å²) in [6.45, 7) is 2.35. The molecule has 0 bridgehead atoms. The minimum atomic E-state index is -0.598. The van der Waals surface area contributed by atoms with Gasteiger partial charge in [-0.15, -0.1) is 0 Å². The van der Waals surface area contributed by atoms with Gasteiger partial charge in [-0.25, -0.2) is 8.78 Å². The van der Waals surface area contributed by atoms with E-state index in [1.165, 1.54) is 12.1 Å². The van der Waals surface area contributed by atoms with Crippen LogP contribution < -0.4 is 0 Å². The molecule has 0 radical (unpaired) electrons. The van der Waals surface area contributed by atoms with E-state index >= 15 is 0 Å². The number of hydrogen-bond acceptors (Lipinski definition) is 2. The van der Waals surface area contributed by atoms with Crippen molar-refractivity contribution in [3.8, 4) is 0 Å². The van der Waals surface area contributed by atoms with Gasteiger partial charge in [-0.05, 0) is 30.5 Å². The summed E-state index contributed by atoms with van der Waals surface area (Å²) in [5.74, 6) is -1.37. The van der Waals surface area contributed by atoms with Gasteiger partial charge in [0, 0.05) is 18.0 Å². The Morgan fingerprint density at radius 3 is 2.63 bits per heavy atom. The Kier molecular flexibility index (Phi) is 2.71. The van der Waals surface area contributed by atoms with Crippen LogP contribution in [0.15, 0.2) is 18.2 Å². The minimum Gasteiger partial charge on any atom is -0.305 e. The highest BCUT2D eigenvalue weighted by Crippen LogP contribution is 2.59. The van der Waals surface area contributed by atoms with Crippen LogP contribution in [0, 0.1) is 17.6 Å². The minimum absolute atomic E-state index is 0.00322. The molecule has 100 valence electrons. The normalized spacial score (nSPS) is 28.5. The van der Waals surface area contributed by atoms with E-state index in [0.717, 1.165) is 6.07 Å². The molecule has 1 amide bonds. The fourth-order valence-corrected chi connectivity index (χ4v) is 3.16. The van der Waals surface area contributed by atoms with Crippen molar-refractivity contribution in [3.63, 3.8) is 0 Å². The Labute approximate surface area is 115 Å². The SMILES string of the molecule is CCC(=S)N1CC2(c3cc(F)cc(F)c3)CC2C1=O. The molecule has 5 heteroatoms. The number of carbonyl (C=O) groups is 1. The number of nitrogens with zero attached hydrogens (tertiary/aromatic N) is 1. The van der Waals surface area contributed by atoms with Crippen LogP contribution in [0.25, 0.3) is 0 Å². The summed E-state index contributed by atoms with van der Waals surface area (Å²) in [7, 11) is 0. The lowest BCUT2D eigenvalue weighted by Crippen LogP contribution is -2.34. The number of rotatable bonds is 2. The van der Waals surface area contributed by atoms with Crippen LogP contribution in [0.3, 0.4) is 0 Å². The molecule has 2 atom stereocenters. The molecular formula is C14H13F2NOS. The van der Waals surface area contributed by atoms with Gasteiger partial charge in [-0.2, -0.15) is 0 Å². The molecule has 0 aromatic heterocycles. The number of hydrogen-bond donors (Lipinski definition) is 0. The lowest BCUT2D eigenvalue weighted by atomic mass is 9.95. The largest absolute Gasteiger partial charge is 0.305 e. The van der Waals surface area contributed by atoms with E-state index in [2.05, 4.69) is 0 Å². The number of amides is 1. The first kappa shape index (κ1) is 12.7. The fourth-order valence-electron chi connectivity index (χ4n) is 3.01. The molecule has 2 aliphatic rings. The van der Waals surface area contributed by atoms with E-state index in [0.29, 0.717) is 29.9 Å². The van der Waals surface area contributed by atoms with Crippen LogP contribution >= 0.6 is 12.2 Å². The highest BCUT2D eigenvalue weighted by molar-refractivity contribution is 7.80. The second-order valence-corrected chi connectivity index (χ2v) is 5.71. The van der Waals surface area contributed by atoms with Crippen LogP contribution in [0.1, 0.15) is 25.3 Å². The summed E-state index contributed by atoms with van der Waals surface area (Å²) in [4.78, 5) is 14.3. The third kappa shape index (κ3) is 1.79. The van der Waals surface area contributed by atoms with Crippen molar-refractivity contribution in [1.82, 2.24) is 4.90 Å². The number of fused-ring (bicyclic) bond motifs is 1. The van der Waals surface area contributed by atoms with Gasteiger partial charge in [0.1, 0.15) is 11.6 Å². The van der Waals surface area contributed by atoms with Crippen molar-refractivity contribution in [2.75, 3.05) is 6.54 Å². The first-order valence-electron chi connectivity index (χ1n) is 6.29. The predicted octanol–water partition coefficient (Wildman–Crippen LogP) is 2.80. The number of halogens is 2. The Bertz CT molecular complexity index is 569. The zero-order valence-electron chi connectivity index (χ0n) is 10.5. The summed E-state index contributed by atoms with van der Waals surface area (Å²) in [5.41, 5.74) is 0.143. The van der Waals surface area contributed by atoms with E-state index in [4.69, 9.17) is 12.2 Å². The highest BCUT2D eigenvalue weighted by atomic mass is 32.1. The molecule has 1 aliphatic carbocycles. The topological polar surface area (TPSA) is 20.3 Å². The average Bonchev–Trinajstić information content (AvgIpc) is 3.02. The first-order valence-corrected chi connectivity index (χ1v) is 6.69. The Morgan fingerprint density at radius 2 is 2.05 bits per heavy atom. The smallest absolute Gasteiger partial charge is 0.231 e. The molecular weight excluding hydrogens is 268 g/mol. The highest BCUT2D eigenvalue weighted by Gasteiger charge is 2.66. The zero-order valence-corrected chi connectivity index (χ0v) is 11.3. The van der Waals surface area contributed by atoms with Gasteiger partial charge in [0.2, 0.25) is 5.91 Å². The molecule has 0 N–H and O–H groups in total. The van der Waals surface area contributed by atoms with Crippen molar-refractivity contribution in [1.29, 1.82) is 0 Å². The van der Waals surface area contributed by atoms with Crippen LogP contribution in [0.5, 0.6) is 0 Å². The van der Waals surface area contributed by atoms with E-state index in [1.807, 2.05) is 6.92 Å². The van der Waals surface area contributed by atoms with Crippen molar-refractivity contribution in [3.05, 3.63) is 35.4 Å². The molecule has 1 heterocycles. The van der Waals surface area contributed by atoms with Gasteiger partial charge in [0.15, 0.2) is 0 Å². The third-order valence-corrected chi connectivity index (χ3v) is 4.63. The summed E-state index contributed by atoms with van der Waals surface area (Å²) >= 11 is 5.17. The van der Waals surface area contributed by atoms with Crippen molar-refractivity contribution in [2.24, 2.45) is 5.92 Å². The predicted molar refractivity (Wildman–Crippen MR) is 70.7 cm³/mol. The number of thiocarbonyl (C=S) groups is 1.